The molecule has 2 aliphatic rings. The number of rotatable bonds is 7. The first-order valence-electron chi connectivity index (χ1n) is 11.3. The maximum atomic E-state index is 10.5. The van der Waals surface area contributed by atoms with Crippen LogP contribution in [0.15, 0.2) is 42.5 Å². The van der Waals surface area contributed by atoms with Crippen molar-refractivity contribution >= 4 is 0 Å². The number of ether oxygens (including phenoxy) is 3. The minimum atomic E-state index is -0.451. The monoisotopic (exact) mass is 428 g/mol. The number of hydrogen-bond acceptors (Lipinski definition) is 4. The highest BCUT2D eigenvalue weighted by atomic mass is 16.7. The van der Waals surface area contributed by atoms with Gasteiger partial charge in [-0.2, -0.15) is 0 Å². The van der Waals surface area contributed by atoms with Crippen molar-refractivity contribution in [2.75, 3.05) is 46.1 Å². The number of aliphatic hydroxyl groups is 1. The third-order valence-corrected chi connectivity index (χ3v) is 6.24. The molecular weight excluding hydrogens is 392 g/mol. The Kier molecular flexibility index (Phi) is 6.70. The SMILES string of the molecule is CC(C)(C)c1ccc(OC[C@H](O)C[NH+]2CC[NH+](Cc3ccc4c(c3)OCO4)CC2)cc1. The van der Waals surface area contributed by atoms with Crippen LogP contribution >= 0.6 is 0 Å². The summed E-state index contributed by atoms with van der Waals surface area (Å²) in [4.78, 5) is 3.03. The van der Waals surface area contributed by atoms with E-state index in [1.54, 1.807) is 4.90 Å². The average Bonchev–Trinajstić information content (AvgIpc) is 3.21. The van der Waals surface area contributed by atoms with Crippen molar-refractivity contribution in [3.63, 3.8) is 0 Å². The summed E-state index contributed by atoms with van der Waals surface area (Å²) in [5, 5.41) is 10.5. The zero-order chi connectivity index (χ0) is 21.8. The van der Waals surface area contributed by atoms with Gasteiger partial charge in [0.2, 0.25) is 6.79 Å². The predicted octanol–water partition coefficient (Wildman–Crippen LogP) is 0.436. The summed E-state index contributed by atoms with van der Waals surface area (Å²) < 4.78 is 16.7. The molecule has 0 spiro atoms. The number of nitrogens with one attached hydrogen (secondary N) is 2. The molecule has 1 saturated heterocycles. The van der Waals surface area contributed by atoms with Crippen LogP contribution in [0.25, 0.3) is 0 Å². The maximum Gasteiger partial charge on any atom is 0.231 e. The molecule has 0 unspecified atom stereocenters. The zero-order valence-corrected chi connectivity index (χ0v) is 18.9. The van der Waals surface area contributed by atoms with E-state index in [2.05, 4.69) is 45.0 Å². The summed E-state index contributed by atoms with van der Waals surface area (Å²) in [5.41, 5.74) is 2.70. The molecule has 1 fully saturated rings. The van der Waals surface area contributed by atoms with Crippen molar-refractivity contribution in [3.8, 4) is 17.2 Å². The Labute approximate surface area is 185 Å². The van der Waals surface area contributed by atoms with Crippen LogP contribution in [-0.2, 0) is 12.0 Å². The van der Waals surface area contributed by atoms with Gasteiger partial charge in [-0.05, 0) is 41.3 Å². The molecule has 0 radical (unpaired) electrons. The molecule has 168 valence electrons. The van der Waals surface area contributed by atoms with Crippen molar-refractivity contribution in [1.82, 2.24) is 0 Å². The van der Waals surface area contributed by atoms with Gasteiger partial charge in [0.1, 0.15) is 57.7 Å². The molecule has 31 heavy (non-hydrogen) atoms. The largest absolute Gasteiger partial charge is 0.491 e. The summed E-state index contributed by atoms with van der Waals surface area (Å²) in [7, 11) is 0. The van der Waals surface area contributed by atoms with Crippen molar-refractivity contribution in [1.29, 1.82) is 0 Å². The van der Waals surface area contributed by atoms with E-state index in [0.29, 0.717) is 13.4 Å². The average molecular weight is 429 g/mol. The lowest BCUT2D eigenvalue weighted by atomic mass is 9.87. The van der Waals surface area contributed by atoms with Crippen molar-refractivity contribution < 1.29 is 29.1 Å². The van der Waals surface area contributed by atoms with Gasteiger partial charge in [-0.25, -0.2) is 0 Å². The second kappa shape index (κ2) is 9.47. The molecule has 0 amide bonds. The van der Waals surface area contributed by atoms with Gasteiger partial charge >= 0.3 is 0 Å². The van der Waals surface area contributed by atoms with Crippen LogP contribution in [0.2, 0.25) is 0 Å². The molecule has 2 aromatic carbocycles. The van der Waals surface area contributed by atoms with Gasteiger partial charge in [0.15, 0.2) is 11.5 Å². The highest BCUT2D eigenvalue weighted by Gasteiger charge is 2.26. The van der Waals surface area contributed by atoms with Crippen LogP contribution in [0.1, 0.15) is 31.9 Å². The van der Waals surface area contributed by atoms with Gasteiger partial charge in [0.25, 0.3) is 0 Å². The Morgan fingerprint density at radius 2 is 1.61 bits per heavy atom. The Hall–Kier alpha value is -2.28. The first-order chi connectivity index (χ1) is 14.9. The Morgan fingerprint density at radius 1 is 0.935 bits per heavy atom. The standard InChI is InChI=1S/C25H34N2O4/c1-25(2,3)20-5-7-22(8-6-20)29-17-21(28)16-27-12-10-26(11-13-27)15-19-4-9-23-24(14-19)31-18-30-23/h4-9,14,21,28H,10-13,15-18H2,1-3H3/p+2/t21-/m1/s1. The van der Waals surface area contributed by atoms with Crippen molar-refractivity contribution in [2.45, 2.75) is 38.8 Å². The smallest absolute Gasteiger partial charge is 0.231 e. The van der Waals surface area contributed by atoms with Gasteiger partial charge < -0.3 is 29.1 Å². The fourth-order valence-electron chi connectivity index (χ4n) is 4.31. The fourth-order valence-corrected chi connectivity index (χ4v) is 4.31. The van der Waals surface area contributed by atoms with Crippen LogP contribution in [0.4, 0.5) is 0 Å². The topological polar surface area (TPSA) is 56.8 Å². The fraction of sp³-hybridized carbons (Fsp3) is 0.520. The molecule has 2 heterocycles. The third kappa shape index (κ3) is 5.91. The van der Waals surface area contributed by atoms with E-state index in [-0.39, 0.29) is 5.41 Å². The van der Waals surface area contributed by atoms with E-state index >= 15 is 0 Å². The van der Waals surface area contributed by atoms with Crippen molar-refractivity contribution in [2.24, 2.45) is 0 Å². The molecule has 0 bridgehead atoms. The van der Waals surface area contributed by atoms with E-state index in [0.717, 1.165) is 56.5 Å². The van der Waals surface area contributed by atoms with Gasteiger partial charge in [0.05, 0.1) is 0 Å². The molecule has 0 aliphatic carbocycles. The minimum absolute atomic E-state index is 0.133. The zero-order valence-electron chi connectivity index (χ0n) is 18.9. The van der Waals surface area contributed by atoms with Crippen LogP contribution < -0.4 is 24.0 Å². The summed E-state index contributed by atoms with van der Waals surface area (Å²) in [6, 6.07) is 14.4. The lowest BCUT2D eigenvalue weighted by molar-refractivity contribution is -1.02. The number of benzene rings is 2. The minimum Gasteiger partial charge on any atom is -0.491 e. The number of piperazine rings is 1. The summed E-state index contributed by atoms with van der Waals surface area (Å²) in [5.74, 6) is 2.52. The lowest BCUT2D eigenvalue weighted by Crippen LogP contribution is -3.28. The molecule has 6 nitrogen and oxygen atoms in total. The van der Waals surface area contributed by atoms with Crippen LogP contribution in [0, 0.1) is 0 Å². The van der Waals surface area contributed by atoms with Gasteiger partial charge in [-0.3, -0.25) is 0 Å². The number of hydrogen-bond donors (Lipinski definition) is 3. The highest BCUT2D eigenvalue weighted by molar-refractivity contribution is 5.44. The summed E-state index contributed by atoms with van der Waals surface area (Å²) in [6.07, 6.45) is -0.451. The highest BCUT2D eigenvalue weighted by Crippen LogP contribution is 2.32. The number of fused-ring (bicyclic) bond motifs is 1. The van der Waals surface area contributed by atoms with Gasteiger partial charge in [-0.15, -0.1) is 0 Å². The normalized spacial score (nSPS) is 21.7. The summed E-state index contributed by atoms with van der Waals surface area (Å²) >= 11 is 0. The Bertz CT molecular complexity index is 855. The molecule has 4 rings (SSSR count). The second-order valence-electron chi connectivity index (χ2n) is 9.81. The lowest BCUT2D eigenvalue weighted by Gasteiger charge is -2.30. The molecule has 3 N–H and O–H groups in total. The third-order valence-electron chi connectivity index (χ3n) is 6.24. The van der Waals surface area contributed by atoms with E-state index in [4.69, 9.17) is 14.2 Å². The molecule has 0 aromatic heterocycles. The van der Waals surface area contributed by atoms with Gasteiger partial charge in [0, 0.05) is 5.56 Å². The number of quaternary nitrogens is 2. The number of aliphatic hydroxyl groups excluding tert-OH is 1. The van der Waals surface area contributed by atoms with E-state index in [1.807, 2.05) is 18.2 Å². The van der Waals surface area contributed by atoms with E-state index in [1.165, 1.54) is 16.0 Å². The quantitative estimate of drug-likeness (QED) is 0.599. The molecule has 1 atom stereocenters. The predicted molar refractivity (Wildman–Crippen MR) is 119 cm³/mol. The Morgan fingerprint density at radius 3 is 2.32 bits per heavy atom. The van der Waals surface area contributed by atoms with E-state index in [9.17, 15) is 5.11 Å². The second-order valence-corrected chi connectivity index (χ2v) is 9.81. The molecule has 2 aromatic rings. The van der Waals surface area contributed by atoms with Crippen molar-refractivity contribution in [3.05, 3.63) is 53.6 Å². The first-order valence-corrected chi connectivity index (χ1v) is 11.3. The maximum absolute atomic E-state index is 10.5. The van der Waals surface area contributed by atoms with Crippen LogP contribution in [0.3, 0.4) is 0 Å². The molecule has 6 heteroatoms. The molecule has 0 saturated carbocycles. The van der Waals surface area contributed by atoms with Crippen LogP contribution in [-0.4, -0.2) is 57.3 Å². The van der Waals surface area contributed by atoms with Crippen LogP contribution in [0.5, 0.6) is 17.2 Å². The molecule has 2 aliphatic heterocycles. The van der Waals surface area contributed by atoms with E-state index < -0.39 is 6.10 Å². The summed E-state index contributed by atoms with van der Waals surface area (Å²) in [6.45, 7) is 13.3. The first kappa shape index (κ1) is 21.9. The van der Waals surface area contributed by atoms with Gasteiger partial charge in [-0.1, -0.05) is 32.9 Å². The Balaban J connectivity index is 1.17. The molecular formula is C25H36N2O4+2.